The zero-order valence-electron chi connectivity index (χ0n) is 23.3. The molecule has 0 bridgehead atoms. The van der Waals surface area contributed by atoms with Crippen LogP contribution in [0.15, 0.2) is 30.3 Å². The Balaban J connectivity index is 1.69. The number of amides is 1. The molecule has 0 radical (unpaired) electrons. The first kappa shape index (κ1) is 29.0. The van der Waals surface area contributed by atoms with Crippen LogP contribution in [0.1, 0.15) is 117 Å². The topological polar surface area (TPSA) is 59.0 Å². The summed E-state index contributed by atoms with van der Waals surface area (Å²) in [4.78, 5) is 15.8. The van der Waals surface area contributed by atoms with Gasteiger partial charge < -0.3 is 14.6 Å². The third-order valence-corrected chi connectivity index (χ3v) is 8.18. The molecule has 3 rings (SSSR count). The van der Waals surface area contributed by atoms with Crippen LogP contribution >= 0.6 is 0 Å². The molecule has 36 heavy (non-hydrogen) atoms. The molecule has 1 spiro atoms. The van der Waals surface area contributed by atoms with Gasteiger partial charge in [0.1, 0.15) is 5.60 Å². The van der Waals surface area contributed by atoms with E-state index in [1.807, 2.05) is 39.0 Å². The van der Waals surface area contributed by atoms with E-state index < -0.39 is 5.60 Å². The van der Waals surface area contributed by atoms with Gasteiger partial charge in [0, 0.05) is 5.54 Å². The van der Waals surface area contributed by atoms with Crippen molar-refractivity contribution >= 4 is 6.09 Å². The molecule has 1 aromatic carbocycles. The van der Waals surface area contributed by atoms with E-state index in [1.54, 1.807) is 0 Å². The molecule has 1 heterocycles. The fourth-order valence-corrected chi connectivity index (χ4v) is 6.42. The van der Waals surface area contributed by atoms with E-state index in [0.717, 1.165) is 63.4 Å². The van der Waals surface area contributed by atoms with Gasteiger partial charge in [-0.1, -0.05) is 75.8 Å². The molecular weight excluding hydrogens is 450 g/mol. The SMILES string of the molecule is CCCCCC[C@H](O)CCC1CCCCC12CC[C@@H](COCc1ccccc1)N2C(=O)OC(C)(C)C. The molecule has 1 saturated carbocycles. The van der Waals surface area contributed by atoms with Gasteiger partial charge in [-0.15, -0.1) is 0 Å². The van der Waals surface area contributed by atoms with Gasteiger partial charge in [0.2, 0.25) is 0 Å². The highest BCUT2D eigenvalue weighted by atomic mass is 16.6. The zero-order valence-corrected chi connectivity index (χ0v) is 23.3. The van der Waals surface area contributed by atoms with Crippen LogP contribution in [0.2, 0.25) is 0 Å². The van der Waals surface area contributed by atoms with Crippen LogP contribution in [0.3, 0.4) is 0 Å². The van der Waals surface area contributed by atoms with Crippen LogP contribution in [-0.2, 0) is 16.1 Å². The van der Waals surface area contributed by atoms with Gasteiger partial charge in [0.15, 0.2) is 0 Å². The molecule has 4 atom stereocenters. The van der Waals surface area contributed by atoms with Crippen molar-refractivity contribution in [2.24, 2.45) is 5.92 Å². The number of hydrogen-bond acceptors (Lipinski definition) is 4. The first-order valence-corrected chi connectivity index (χ1v) is 14.6. The summed E-state index contributed by atoms with van der Waals surface area (Å²) in [5.41, 5.74) is 0.441. The quantitative estimate of drug-likeness (QED) is 0.299. The molecule has 1 saturated heterocycles. The number of ether oxygens (including phenoxy) is 2. The molecule has 1 aromatic rings. The van der Waals surface area contributed by atoms with E-state index >= 15 is 0 Å². The highest BCUT2D eigenvalue weighted by Crippen LogP contribution is 2.50. The Hall–Kier alpha value is -1.59. The zero-order chi connectivity index (χ0) is 26.0. The molecule has 2 unspecified atom stereocenters. The summed E-state index contributed by atoms with van der Waals surface area (Å²) in [6, 6.07) is 10.3. The number of nitrogens with zero attached hydrogens (tertiary/aromatic N) is 1. The minimum absolute atomic E-state index is 0.0307. The number of rotatable bonds is 12. The lowest BCUT2D eigenvalue weighted by Gasteiger charge is -2.49. The second-order valence-corrected chi connectivity index (χ2v) is 12.2. The van der Waals surface area contributed by atoms with Gasteiger partial charge in [-0.25, -0.2) is 4.79 Å². The number of carbonyl (C=O) groups is 1. The van der Waals surface area contributed by atoms with Gasteiger partial charge in [0.25, 0.3) is 0 Å². The summed E-state index contributed by atoms with van der Waals surface area (Å²) >= 11 is 0. The van der Waals surface area contributed by atoms with Crippen LogP contribution in [0.25, 0.3) is 0 Å². The minimum Gasteiger partial charge on any atom is -0.444 e. The molecule has 1 amide bonds. The number of hydrogen-bond donors (Lipinski definition) is 1. The number of aliphatic hydroxyl groups is 1. The number of unbranched alkanes of at least 4 members (excludes halogenated alkanes) is 3. The van der Waals surface area contributed by atoms with Crippen molar-refractivity contribution < 1.29 is 19.4 Å². The van der Waals surface area contributed by atoms with Crippen LogP contribution in [0, 0.1) is 5.92 Å². The summed E-state index contributed by atoms with van der Waals surface area (Å²) in [5, 5.41) is 10.7. The second kappa shape index (κ2) is 13.8. The normalized spacial score (nSPS) is 25.3. The van der Waals surface area contributed by atoms with Gasteiger partial charge >= 0.3 is 6.09 Å². The Kier molecular flexibility index (Phi) is 11.1. The lowest BCUT2D eigenvalue weighted by molar-refractivity contribution is -0.0442. The van der Waals surface area contributed by atoms with Gasteiger partial charge in [-0.2, -0.15) is 0 Å². The average Bonchev–Trinajstić information content (AvgIpc) is 3.19. The molecule has 2 aliphatic rings. The van der Waals surface area contributed by atoms with Crippen LogP contribution in [0.5, 0.6) is 0 Å². The third-order valence-electron chi connectivity index (χ3n) is 8.18. The van der Waals surface area contributed by atoms with Crippen molar-refractivity contribution in [2.75, 3.05) is 6.61 Å². The summed E-state index contributed by atoms with van der Waals surface area (Å²) in [5.74, 6) is 0.406. The van der Waals surface area contributed by atoms with Crippen LogP contribution < -0.4 is 0 Å². The average molecular weight is 502 g/mol. The monoisotopic (exact) mass is 501 g/mol. The molecule has 204 valence electrons. The number of likely N-dealkylation sites (tertiary alicyclic amines) is 1. The van der Waals surface area contributed by atoms with Crippen molar-refractivity contribution in [1.82, 2.24) is 4.90 Å². The number of carbonyl (C=O) groups excluding carboxylic acids is 1. The van der Waals surface area contributed by atoms with E-state index in [2.05, 4.69) is 24.0 Å². The van der Waals surface area contributed by atoms with Gasteiger partial charge in [-0.05, 0) is 77.2 Å². The first-order chi connectivity index (χ1) is 17.2. The lowest BCUT2D eigenvalue weighted by atomic mass is 9.69. The Labute approximate surface area is 219 Å². The smallest absolute Gasteiger partial charge is 0.411 e. The molecule has 2 fully saturated rings. The molecule has 5 nitrogen and oxygen atoms in total. The molecule has 1 aliphatic heterocycles. The highest BCUT2D eigenvalue weighted by molar-refractivity contribution is 5.70. The standard InChI is InChI=1S/C31H51NO4/c1-5-6-7-11-17-28(33)19-18-26-16-12-13-21-31(26)22-20-27(32(31)29(34)36-30(2,3)4)24-35-23-25-14-9-8-10-15-25/h8-10,14-15,26-28,33H,5-7,11-13,16-24H2,1-4H3/t26?,27-,28-,31?/m0/s1. The summed E-state index contributed by atoms with van der Waals surface area (Å²) < 4.78 is 12.1. The maximum Gasteiger partial charge on any atom is 0.411 e. The van der Waals surface area contributed by atoms with Crippen LogP contribution in [-0.4, -0.2) is 46.0 Å². The molecular formula is C31H51NO4. The van der Waals surface area contributed by atoms with E-state index in [9.17, 15) is 9.90 Å². The lowest BCUT2D eigenvalue weighted by Crippen LogP contribution is -2.58. The highest BCUT2D eigenvalue weighted by Gasteiger charge is 2.54. The molecule has 1 aliphatic carbocycles. The van der Waals surface area contributed by atoms with E-state index in [1.165, 1.54) is 25.7 Å². The Bertz CT molecular complexity index is 777. The fourth-order valence-electron chi connectivity index (χ4n) is 6.42. The third kappa shape index (κ3) is 8.21. The van der Waals surface area contributed by atoms with Crippen molar-refractivity contribution in [3.8, 4) is 0 Å². The van der Waals surface area contributed by atoms with Gasteiger partial charge in [0.05, 0.1) is 25.4 Å². The summed E-state index contributed by atoms with van der Waals surface area (Å²) in [6.07, 6.45) is 13.5. The predicted octanol–water partition coefficient (Wildman–Crippen LogP) is 7.64. The summed E-state index contributed by atoms with van der Waals surface area (Å²) in [6.45, 7) is 9.14. The van der Waals surface area contributed by atoms with Crippen molar-refractivity contribution in [3.05, 3.63) is 35.9 Å². The molecule has 5 heteroatoms. The summed E-state index contributed by atoms with van der Waals surface area (Å²) in [7, 11) is 0. The Morgan fingerprint density at radius 3 is 2.58 bits per heavy atom. The Morgan fingerprint density at radius 1 is 1.08 bits per heavy atom. The largest absolute Gasteiger partial charge is 0.444 e. The maximum atomic E-state index is 13.7. The second-order valence-electron chi connectivity index (χ2n) is 12.2. The Morgan fingerprint density at radius 2 is 1.86 bits per heavy atom. The first-order valence-electron chi connectivity index (χ1n) is 14.6. The van der Waals surface area contributed by atoms with Gasteiger partial charge in [-0.3, -0.25) is 4.90 Å². The van der Waals surface area contributed by atoms with E-state index in [0.29, 0.717) is 19.1 Å². The van der Waals surface area contributed by atoms with Crippen LogP contribution in [0.4, 0.5) is 4.79 Å². The fraction of sp³-hybridized carbons (Fsp3) is 0.774. The predicted molar refractivity (Wildman–Crippen MR) is 146 cm³/mol. The minimum atomic E-state index is -0.533. The molecule has 0 aromatic heterocycles. The van der Waals surface area contributed by atoms with Crippen molar-refractivity contribution in [1.29, 1.82) is 0 Å². The van der Waals surface area contributed by atoms with E-state index in [-0.39, 0.29) is 23.8 Å². The number of benzene rings is 1. The van der Waals surface area contributed by atoms with E-state index in [4.69, 9.17) is 9.47 Å². The van der Waals surface area contributed by atoms with Crippen molar-refractivity contribution in [2.45, 2.75) is 141 Å². The maximum absolute atomic E-state index is 13.7. The number of aliphatic hydroxyl groups excluding tert-OH is 1. The molecule has 1 N–H and O–H groups in total. The van der Waals surface area contributed by atoms with Crippen molar-refractivity contribution in [3.63, 3.8) is 0 Å².